The SMILES string of the molecule is Cc1ccc(S(=O)(=O)N(CC(=O)NC(c2ccccc2)c2ccco2)Cc2ccco2)cc1. The molecule has 170 valence electrons. The fourth-order valence-electron chi connectivity index (χ4n) is 3.45. The molecule has 0 saturated heterocycles. The number of rotatable bonds is 9. The molecule has 0 radical (unpaired) electrons. The molecule has 1 unspecified atom stereocenters. The summed E-state index contributed by atoms with van der Waals surface area (Å²) in [6, 6.07) is 22.2. The van der Waals surface area contributed by atoms with Crippen molar-refractivity contribution in [3.05, 3.63) is 114 Å². The second-order valence-electron chi connectivity index (χ2n) is 7.59. The molecule has 2 aromatic heterocycles. The minimum atomic E-state index is -3.95. The van der Waals surface area contributed by atoms with Crippen LogP contribution < -0.4 is 5.32 Å². The van der Waals surface area contributed by atoms with Crippen molar-refractivity contribution in [2.24, 2.45) is 0 Å². The second-order valence-corrected chi connectivity index (χ2v) is 9.53. The van der Waals surface area contributed by atoms with Crippen molar-refractivity contribution in [2.75, 3.05) is 6.54 Å². The minimum Gasteiger partial charge on any atom is -0.468 e. The standard InChI is InChI=1S/C25H24N2O5S/c1-19-11-13-22(14-12-19)33(29,30)27(17-21-9-5-15-31-21)18-24(28)26-25(23-10-6-16-32-23)20-7-3-2-4-8-20/h2-16,25H,17-18H2,1H3,(H,26,28). The Labute approximate surface area is 192 Å². The number of aryl methyl sites for hydroxylation is 1. The van der Waals surface area contributed by atoms with Gasteiger partial charge in [-0.1, -0.05) is 48.0 Å². The van der Waals surface area contributed by atoms with Crippen molar-refractivity contribution in [1.82, 2.24) is 9.62 Å². The molecule has 2 heterocycles. The van der Waals surface area contributed by atoms with Crippen molar-refractivity contribution in [1.29, 1.82) is 0 Å². The van der Waals surface area contributed by atoms with E-state index in [1.54, 1.807) is 36.4 Å². The zero-order valence-corrected chi connectivity index (χ0v) is 18.9. The summed E-state index contributed by atoms with van der Waals surface area (Å²) >= 11 is 0. The molecule has 1 atom stereocenters. The highest BCUT2D eigenvalue weighted by Gasteiger charge is 2.29. The third kappa shape index (κ3) is 5.42. The van der Waals surface area contributed by atoms with Crippen LogP contribution in [0.4, 0.5) is 0 Å². The summed E-state index contributed by atoms with van der Waals surface area (Å²) in [6.07, 6.45) is 3.00. The summed E-state index contributed by atoms with van der Waals surface area (Å²) in [4.78, 5) is 13.2. The van der Waals surface area contributed by atoms with E-state index in [0.717, 1.165) is 15.4 Å². The van der Waals surface area contributed by atoms with E-state index in [9.17, 15) is 13.2 Å². The number of nitrogens with zero attached hydrogens (tertiary/aromatic N) is 1. The van der Waals surface area contributed by atoms with E-state index in [1.807, 2.05) is 37.3 Å². The minimum absolute atomic E-state index is 0.0760. The van der Waals surface area contributed by atoms with E-state index in [0.29, 0.717) is 11.5 Å². The average molecular weight is 465 g/mol. The van der Waals surface area contributed by atoms with Gasteiger partial charge in [-0.25, -0.2) is 8.42 Å². The van der Waals surface area contributed by atoms with Gasteiger partial charge in [0.25, 0.3) is 0 Å². The van der Waals surface area contributed by atoms with Crippen LogP contribution in [0, 0.1) is 6.92 Å². The van der Waals surface area contributed by atoms with Crippen LogP contribution in [0.25, 0.3) is 0 Å². The van der Waals surface area contributed by atoms with Crippen LogP contribution >= 0.6 is 0 Å². The Kier molecular flexibility index (Phi) is 6.76. The van der Waals surface area contributed by atoms with E-state index in [4.69, 9.17) is 8.83 Å². The third-order valence-corrected chi connectivity index (χ3v) is 6.96. The molecule has 0 aliphatic heterocycles. The predicted octanol–water partition coefficient (Wildman–Crippen LogP) is 4.28. The number of carbonyl (C=O) groups excluding carboxylic acids is 1. The molecule has 2 aromatic carbocycles. The van der Waals surface area contributed by atoms with Crippen LogP contribution in [0.1, 0.15) is 28.7 Å². The van der Waals surface area contributed by atoms with Gasteiger partial charge in [-0.15, -0.1) is 0 Å². The van der Waals surface area contributed by atoms with Gasteiger partial charge in [0.15, 0.2) is 0 Å². The van der Waals surface area contributed by atoms with Crippen LogP contribution in [0.3, 0.4) is 0 Å². The molecule has 8 heteroatoms. The Morgan fingerprint density at radius 1 is 0.909 bits per heavy atom. The molecule has 4 rings (SSSR count). The van der Waals surface area contributed by atoms with Gasteiger partial charge in [0, 0.05) is 0 Å². The van der Waals surface area contributed by atoms with E-state index in [-0.39, 0.29) is 18.0 Å². The summed E-state index contributed by atoms with van der Waals surface area (Å²) in [5, 5.41) is 2.91. The predicted molar refractivity (Wildman–Crippen MR) is 123 cm³/mol. The van der Waals surface area contributed by atoms with Crippen molar-refractivity contribution in [3.63, 3.8) is 0 Å². The van der Waals surface area contributed by atoms with Gasteiger partial charge in [-0.05, 0) is 48.9 Å². The molecular formula is C25H24N2O5S. The Balaban J connectivity index is 1.60. The smallest absolute Gasteiger partial charge is 0.243 e. The monoisotopic (exact) mass is 464 g/mol. The van der Waals surface area contributed by atoms with Gasteiger partial charge in [0.2, 0.25) is 15.9 Å². The molecular weight excluding hydrogens is 440 g/mol. The Morgan fingerprint density at radius 3 is 2.24 bits per heavy atom. The molecule has 1 N–H and O–H groups in total. The highest BCUT2D eigenvalue weighted by molar-refractivity contribution is 7.89. The van der Waals surface area contributed by atoms with Gasteiger partial charge in [0.05, 0.1) is 30.5 Å². The van der Waals surface area contributed by atoms with Gasteiger partial charge >= 0.3 is 0 Å². The number of nitrogens with one attached hydrogen (secondary N) is 1. The molecule has 33 heavy (non-hydrogen) atoms. The summed E-state index contributed by atoms with van der Waals surface area (Å²) in [5.41, 5.74) is 1.76. The lowest BCUT2D eigenvalue weighted by Gasteiger charge is -2.23. The molecule has 7 nitrogen and oxygen atoms in total. The maximum atomic E-state index is 13.4. The number of amides is 1. The van der Waals surface area contributed by atoms with Crippen molar-refractivity contribution in [3.8, 4) is 0 Å². The molecule has 0 spiro atoms. The van der Waals surface area contributed by atoms with Crippen molar-refractivity contribution >= 4 is 15.9 Å². The van der Waals surface area contributed by atoms with Gasteiger partial charge in [-0.2, -0.15) is 4.31 Å². The molecule has 0 bridgehead atoms. The second kappa shape index (κ2) is 9.89. The molecule has 0 fully saturated rings. The van der Waals surface area contributed by atoms with Crippen LogP contribution in [0.15, 0.2) is 105 Å². The summed E-state index contributed by atoms with van der Waals surface area (Å²) in [7, 11) is -3.95. The number of furan rings is 2. The topological polar surface area (TPSA) is 92.8 Å². The van der Waals surface area contributed by atoms with Gasteiger partial charge in [0.1, 0.15) is 17.6 Å². The number of sulfonamides is 1. The zero-order valence-electron chi connectivity index (χ0n) is 18.0. The quantitative estimate of drug-likeness (QED) is 0.399. The van der Waals surface area contributed by atoms with Gasteiger partial charge in [-0.3, -0.25) is 4.79 Å². The van der Waals surface area contributed by atoms with Crippen LogP contribution in [0.2, 0.25) is 0 Å². The summed E-state index contributed by atoms with van der Waals surface area (Å²) < 4.78 is 38.7. The Hall–Kier alpha value is -3.62. The van der Waals surface area contributed by atoms with Crippen LogP contribution in [-0.4, -0.2) is 25.2 Å². The van der Waals surface area contributed by atoms with Crippen molar-refractivity contribution in [2.45, 2.75) is 24.4 Å². The maximum absolute atomic E-state index is 13.4. The van der Waals surface area contributed by atoms with Crippen LogP contribution in [0.5, 0.6) is 0 Å². The highest BCUT2D eigenvalue weighted by Crippen LogP contribution is 2.23. The molecule has 0 aliphatic carbocycles. The lowest BCUT2D eigenvalue weighted by atomic mass is 10.0. The maximum Gasteiger partial charge on any atom is 0.243 e. The first kappa shape index (κ1) is 22.6. The Morgan fingerprint density at radius 2 is 1.61 bits per heavy atom. The number of benzene rings is 2. The fraction of sp³-hybridized carbons (Fsp3) is 0.160. The molecule has 0 aliphatic rings. The normalized spacial score (nSPS) is 12.5. The summed E-state index contributed by atoms with van der Waals surface area (Å²) in [6.45, 7) is 1.41. The Bertz CT molecular complexity index is 1270. The lowest BCUT2D eigenvalue weighted by molar-refractivity contribution is -0.122. The number of carbonyl (C=O) groups is 1. The van der Waals surface area contributed by atoms with E-state index in [1.165, 1.54) is 24.7 Å². The summed E-state index contributed by atoms with van der Waals surface area (Å²) in [5.74, 6) is 0.514. The van der Waals surface area contributed by atoms with Gasteiger partial charge < -0.3 is 14.2 Å². The lowest BCUT2D eigenvalue weighted by Crippen LogP contribution is -2.41. The number of hydrogen-bond acceptors (Lipinski definition) is 5. The third-order valence-electron chi connectivity index (χ3n) is 5.16. The van der Waals surface area contributed by atoms with E-state index < -0.39 is 22.0 Å². The highest BCUT2D eigenvalue weighted by atomic mass is 32.2. The first-order valence-corrected chi connectivity index (χ1v) is 11.8. The fourth-order valence-corrected chi connectivity index (χ4v) is 4.81. The molecule has 4 aromatic rings. The first-order valence-electron chi connectivity index (χ1n) is 10.4. The zero-order chi connectivity index (χ0) is 23.3. The van der Waals surface area contributed by atoms with Crippen LogP contribution in [-0.2, 0) is 21.4 Å². The number of hydrogen-bond donors (Lipinski definition) is 1. The molecule has 1 amide bonds. The van der Waals surface area contributed by atoms with Crippen molar-refractivity contribution < 1.29 is 22.0 Å². The van der Waals surface area contributed by atoms with E-state index in [2.05, 4.69) is 5.32 Å². The van der Waals surface area contributed by atoms with E-state index >= 15 is 0 Å². The average Bonchev–Trinajstić information content (AvgIpc) is 3.52. The molecule has 0 saturated carbocycles. The first-order chi connectivity index (χ1) is 15.9. The largest absolute Gasteiger partial charge is 0.468 e.